The third-order valence-corrected chi connectivity index (χ3v) is 5.40. The van der Waals surface area contributed by atoms with Crippen molar-refractivity contribution in [2.24, 2.45) is 0 Å². The van der Waals surface area contributed by atoms with Gasteiger partial charge < -0.3 is 15.5 Å². The molecule has 1 heterocycles. The van der Waals surface area contributed by atoms with Crippen molar-refractivity contribution in [3.8, 4) is 5.75 Å². The Kier molecular flexibility index (Phi) is 5.78. The van der Waals surface area contributed by atoms with Gasteiger partial charge in [0.2, 0.25) is 5.91 Å². The first-order valence-electron chi connectivity index (χ1n) is 9.74. The molecule has 0 aliphatic rings. The molecule has 3 N–H and O–H groups in total. The van der Waals surface area contributed by atoms with Crippen molar-refractivity contribution >= 4 is 28.7 Å². The number of carboxylic acid groups (broad SMARTS) is 1. The lowest BCUT2D eigenvalue weighted by Crippen LogP contribution is -2.50. The maximum atomic E-state index is 13.7. The third-order valence-electron chi connectivity index (χ3n) is 5.40. The zero-order valence-corrected chi connectivity index (χ0v) is 17.9. The Balaban J connectivity index is 2.16. The van der Waals surface area contributed by atoms with Gasteiger partial charge in [0.15, 0.2) is 11.6 Å². The summed E-state index contributed by atoms with van der Waals surface area (Å²) < 4.78 is 28.3. The SMILES string of the molecule is Cc1c([C@@H](C)C(=O)NC(C)(C)C(=O)O)c2cc(O)ccc2n1C(=O)c1ccc(F)c(F)c1. The number of phenolic OH excluding ortho intramolecular Hbond substituents is 1. The van der Waals surface area contributed by atoms with Crippen LogP contribution >= 0.6 is 0 Å². The number of amides is 1. The van der Waals surface area contributed by atoms with Crippen molar-refractivity contribution in [1.29, 1.82) is 0 Å². The maximum Gasteiger partial charge on any atom is 0.328 e. The van der Waals surface area contributed by atoms with Crippen LogP contribution in [-0.2, 0) is 9.59 Å². The first kappa shape index (κ1) is 22.9. The molecule has 1 atom stereocenters. The van der Waals surface area contributed by atoms with E-state index in [1.807, 2.05) is 0 Å². The van der Waals surface area contributed by atoms with Gasteiger partial charge in [0.25, 0.3) is 5.91 Å². The first-order chi connectivity index (χ1) is 14.8. The molecule has 0 fully saturated rings. The lowest BCUT2D eigenvalue weighted by Gasteiger charge is -2.23. The summed E-state index contributed by atoms with van der Waals surface area (Å²) in [6.45, 7) is 5.81. The van der Waals surface area contributed by atoms with Crippen LogP contribution in [0.1, 0.15) is 48.3 Å². The lowest BCUT2D eigenvalue weighted by molar-refractivity contribution is -0.146. The second kappa shape index (κ2) is 8.07. The third kappa shape index (κ3) is 3.93. The Hall–Kier alpha value is -3.75. The zero-order chi connectivity index (χ0) is 24.0. The Morgan fingerprint density at radius 2 is 1.72 bits per heavy atom. The summed E-state index contributed by atoms with van der Waals surface area (Å²) in [5, 5.41) is 22.1. The summed E-state index contributed by atoms with van der Waals surface area (Å²) in [4.78, 5) is 37.4. The number of aliphatic carboxylic acids is 1. The van der Waals surface area contributed by atoms with E-state index < -0.39 is 40.9 Å². The molecule has 32 heavy (non-hydrogen) atoms. The number of hydrogen-bond acceptors (Lipinski definition) is 4. The molecule has 168 valence electrons. The molecule has 0 saturated heterocycles. The number of carbonyl (C=O) groups is 3. The number of aromatic nitrogens is 1. The van der Waals surface area contributed by atoms with Crippen molar-refractivity contribution in [3.63, 3.8) is 0 Å². The molecule has 0 aliphatic carbocycles. The van der Waals surface area contributed by atoms with Crippen LogP contribution in [-0.4, -0.2) is 38.1 Å². The van der Waals surface area contributed by atoms with Gasteiger partial charge in [0.05, 0.1) is 11.4 Å². The van der Waals surface area contributed by atoms with Crippen LogP contribution < -0.4 is 5.32 Å². The molecule has 2 aromatic carbocycles. The highest BCUT2D eigenvalue weighted by atomic mass is 19.2. The van der Waals surface area contributed by atoms with E-state index in [2.05, 4.69) is 5.32 Å². The molecule has 9 heteroatoms. The van der Waals surface area contributed by atoms with Gasteiger partial charge in [0.1, 0.15) is 11.3 Å². The van der Waals surface area contributed by atoms with Gasteiger partial charge in [-0.05, 0) is 69.7 Å². The van der Waals surface area contributed by atoms with E-state index in [4.69, 9.17) is 0 Å². The fraction of sp³-hybridized carbons (Fsp3) is 0.261. The summed E-state index contributed by atoms with van der Waals surface area (Å²) in [6, 6.07) is 7.01. The first-order valence-corrected chi connectivity index (χ1v) is 9.74. The topological polar surface area (TPSA) is 109 Å². The summed E-state index contributed by atoms with van der Waals surface area (Å²) in [6.07, 6.45) is 0. The second-order valence-electron chi connectivity index (χ2n) is 8.11. The van der Waals surface area contributed by atoms with Crippen LogP contribution in [0.3, 0.4) is 0 Å². The van der Waals surface area contributed by atoms with E-state index in [1.54, 1.807) is 13.8 Å². The normalized spacial score (nSPS) is 12.6. The molecule has 0 unspecified atom stereocenters. The van der Waals surface area contributed by atoms with Crippen molar-refractivity contribution in [2.45, 2.75) is 39.2 Å². The largest absolute Gasteiger partial charge is 0.508 e. The molecule has 0 spiro atoms. The molecular formula is C23H22F2N2O5. The van der Waals surface area contributed by atoms with Gasteiger partial charge in [-0.15, -0.1) is 0 Å². The van der Waals surface area contributed by atoms with Crippen molar-refractivity contribution < 1.29 is 33.4 Å². The summed E-state index contributed by atoms with van der Waals surface area (Å²) in [5.41, 5.74) is -0.544. The highest BCUT2D eigenvalue weighted by Gasteiger charge is 2.33. The predicted molar refractivity (Wildman–Crippen MR) is 113 cm³/mol. The number of hydrogen-bond donors (Lipinski definition) is 3. The van der Waals surface area contributed by atoms with Crippen LogP contribution in [0.4, 0.5) is 8.78 Å². The number of nitrogens with one attached hydrogen (secondary N) is 1. The minimum Gasteiger partial charge on any atom is -0.508 e. The van der Waals surface area contributed by atoms with E-state index in [0.717, 1.165) is 18.2 Å². The second-order valence-corrected chi connectivity index (χ2v) is 8.11. The van der Waals surface area contributed by atoms with E-state index >= 15 is 0 Å². The Labute approximate surface area is 182 Å². The number of fused-ring (bicyclic) bond motifs is 1. The van der Waals surface area contributed by atoms with Crippen molar-refractivity contribution in [2.75, 3.05) is 0 Å². The number of halogens is 2. The van der Waals surface area contributed by atoms with Crippen LogP contribution in [0.2, 0.25) is 0 Å². The average Bonchev–Trinajstić information content (AvgIpc) is 2.99. The molecule has 1 aromatic heterocycles. The van der Waals surface area contributed by atoms with Gasteiger partial charge in [-0.3, -0.25) is 14.2 Å². The molecule has 0 saturated carbocycles. The summed E-state index contributed by atoms with van der Waals surface area (Å²) in [5.74, 6) is -5.72. The fourth-order valence-electron chi connectivity index (χ4n) is 3.60. The van der Waals surface area contributed by atoms with Crippen LogP contribution in [0.15, 0.2) is 36.4 Å². The van der Waals surface area contributed by atoms with Crippen molar-refractivity contribution in [1.82, 2.24) is 9.88 Å². The number of benzene rings is 2. The standard InChI is InChI=1S/C23H22F2N2O5/c1-11(20(29)26-23(3,4)22(31)32)19-12(2)27(18-8-6-14(28)10-15(18)19)21(30)13-5-7-16(24)17(25)9-13/h5-11,28H,1-4H3,(H,26,29)(H,31,32)/t11-/m1/s1. The Morgan fingerprint density at radius 3 is 2.31 bits per heavy atom. The molecular weight excluding hydrogens is 422 g/mol. The van der Waals surface area contributed by atoms with Crippen LogP contribution in [0.25, 0.3) is 10.9 Å². The van der Waals surface area contributed by atoms with Gasteiger partial charge in [-0.2, -0.15) is 0 Å². The van der Waals surface area contributed by atoms with Gasteiger partial charge in [-0.25, -0.2) is 13.6 Å². The maximum absolute atomic E-state index is 13.7. The number of carboxylic acids is 1. The molecule has 3 rings (SSSR count). The number of rotatable bonds is 5. The molecule has 0 radical (unpaired) electrons. The van der Waals surface area contributed by atoms with Crippen LogP contribution in [0, 0.1) is 18.6 Å². The Morgan fingerprint density at radius 1 is 1.06 bits per heavy atom. The molecule has 3 aromatic rings. The minimum atomic E-state index is -1.53. The summed E-state index contributed by atoms with van der Waals surface area (Å²) >= 11 is 0. The fourth-order valence-corrected chi connectivity index (χ4v) is 3.60. The number of nitrogens with zero attached hydrogens (tertiary/aromatic N) is 1. The quantitative estimate of drug-likeness (QED) is 0.556. The molecule has 0 bridgehead atoms. The van der Waals surface area contributed by atoms with Crippen molar-refractivity contribution in [3.05, 3.63) is 64.9 Å². The minimum absolute atomic E-state index is 0.102. The van der Waals surface area contributed by atoms with E-state index in [9.17, 15) is 33.4 Å². The lowest BCUT2D eigenvalue weighted by atomic mass is 9.95. The highest BCUT2D eigenvalue weighted by Crippen LogP contribution is 2.35. The number of carbonyl (C=O) groups excluding carboxylic acids is 2. The van der Waals surface area contributed by atoms with E-state index in [0.29, 0.717) is 22.2 Å². The zero-order valence-electron chi connectivity index (χ0n) is 17.9. The van der Waals surface area contributed by atoms with E-state index in [-0.39, 0.29) is 11.3 Å². The highest BCUT2D eigenvalue weighted by molar-refractivity contribution is 6.05. The summed E-state index contributed by atoms with van der Waals surface area (Å²) in [7, 11) is 0. The number of aromatic hydroxyl groups is 1. The predicted octanol–water partition coefficient (Wildman–Crippen LogP) is 3.70. The molecule has 7 nitrogen and oxygen atoms in total. The monoisotopic (exact) mass is 444 g/mol. The van der Waals surface area contributed by atoms with Crippen LogP contribution in [0.5, 0.6) is 5.75 Å². The van der Waals surface area contributed by atoms with Gasteiger partial charge >= 0.3 is 5.97 Å². The smallest absolute Gasteiger partial charge is 0.328 e. The average molecular weight is 444 g/mol. The molecule has 1 amide bonds. The van der Waals surface area contributed by atoms with Gasteiger partial charge in [-0.1, -0.05) is 0 Å². The molecule has 0 aliphatic heterocycles. The van der Waals surface area contributed by atoms with E-state index in [1.165, 1.54) is 36.6 Å². The Bertz CT molecular complexity index is 1260. The van der Waals surface area contributed by atoms with Gasteiger partial charge in [0, 0.05) is 16.6 Å². The number of phenols is 1.